The second-order valence-corrected chi connectivity index (χ2v) is 5.98. The molecule has 1 aromatic carbocycles. The summed E-state index contributed by atoms with van der Waals surface area (Å²) >= 11 is 6.09. The van der Waals surface area contributed by atoms with E-state index in [0.717, 1.165) is 11.4 Å². The Bertz CT molecular complexity index is 892. The Morgan fingerprint density at radius 2 is 2.04 bits per heavy atom. The van der Waals surface area contributed by atoms with E-state index in [9.17, 15) is 4.79 Å². The molecule has 0 fully saturated rings. The van der Waals surface area contributed by atoms with Gasteiger partial charge in [-0.3, -0.25) is 9.36 Å². The van der Waals surface area contributed by atoms with Crippen LogP contribution < -0.4 is 10.2 Å². The van der Waals surface area contributed by atoms with Gasteiger partial charge in [-0.05, 0) is 11.6 Å². The van der Waals surface area contributed by atoms with Crippen LogP contribution in [0, 0.1) is 0 Å². The summed E-state index contributed by atoms with van der Waals surface area (Å²) < 4.78 is 1.68. The number of nitrogens with one attached hydrogen (secondary N) is 1. The van der Waals surface area contributed by atoms with Crippen molar-refractivity contribution < 1.29 is 4.79 Å². The normalized spacial score (nSPS) is 10.5. The minimum atomic E-state index is -0.277. The van der Waals surface area contributed by atoms with E-state index >= 15 is 0 Å². The molecule has 0 aliphatic rings. The van der Waals surface area contributed by atoms with Crippen molar-refractivity contribution in [3.8, 4) is 5.82 Å². The third-order valence-electron chi connectivity index (χ3n) is 3.57. The molecule has 1 N–H and O–H groups in total. The predicted molar refractivity (Wildman–Crippen MR) is 96.1 cm³/mol. The molecule has 2 aromatic heterocycles. The molecule has 8 heteroatoms. The van der Waals surface area contributed by atoms with Gasteiger partial charge in [0, 0.05) is 37.9 Å². The van der Waals surface area contributed by atoms with E-state index in [1.54, 1.807) is 23.2 Å². The topological polar surface area (TPSA) is 75.9 Å². The van der Waals surface area contributed by atoms with Gasteiger partial charge in [0.05, 0.1) is 0 Å². The van der Waals surface area contributed by atoms with Crippen LogP contribution in [0.25, 0.3) is 5.82 Å². The molecule has 0 aliphatic heterocycles. The van der Waals surface area contributed by atoms with E-state index < -0.39 is 0 Å². The lowest BCUT2D eigenvalue weighted by molar-refractivity contribution is 0.0946. The van der Waals surface area contributed by atoms with Crippen LogP contribution in [-0.2, 0) is 6.54 Å². The lowest BCUT2D eigenvalue weighted by Crippen LogP contribution is -2.23. The molecule has 0 spiro atoms. The van der Waals surface area contributed by atoms with E-state index in [1.807, 2.05) is 43.3 Å². The quantitative estimate of drug-likeness (QED) is 0.759. The van der Waals surface area contributed by atoms with Crippen molar-refractivity contribution in [3.63, 3.8) is 0 Å². The second kappa shape index (κ2) is 7.31. The third kappa shape index (κ3) is 3.95. The van der Waals surface area contributed by atoms with Gasteiger partial charge in [-0.25, -0.2) is 15.0 Å². The first-order valence-corrected chi connectivity index (χ1v) is 7.98. The Labute approximate surface area is 150 Å². The number of carbonyl (C=O) groups is 1. The van der Waals surface area contributed by atoms with Gasteiger partial charge in [-0.2, -0.15) is 0 Å². The van der Waals surface area contributed by atoms with Crippen LogP contribution in [0.15, 0.2) is 49.2 Å². The van der Waals surface area contributed by atoms with Gasteiger partial charge in [0.15, 0.2) is 0 Å². The highest BCUT2D eigenvalue weighted by molar-refractivity contribution is 6.31. The summed E-state index contributed by atoms with van der Waals surface area (Å²) in [4.78, 5) is 26.7. The molecule has 0 saturated heterocycles. The molecule has 0 radical (unpaired) electrons. The first-order chi connectivity index (χ1) is 12.0. The zero-order valence-electron chi connectivity index (χ0n) is 13.8. The van der Waals surface area contributed by atoms with Crippen molar-refractivity contribution in [3.05, 3.63) is 65.5 Å². The Morgan fingerprint density at radius 3 is 2.80 bits per heavy atom. The minimum absolute atomic E-state index is 0.277. The van der Waals surface area contributed by atoms with E-state index in [1.165, 1.54) is 6.33 Å². The molecular formula is C17H17ClN6O. The Hall–Kier alpha value is -2.93. The number of rotatable bonds is 5. The zero-order valence-corrected chi connectivity index (χ0v) is 14.6. The van der Waals surface area contributed by atoms with Crippen LogP contribution in [0.4, 0.5) is 5.82 Å². The molecule has 0 aliphatic carbocycles. The standard InChI is InChI=1S/C17H17ClN6O/c1-23(2)15-7-16(21-10-20-15)24-9-14(22-11-24)17(25)19-8-12-5-3-4-6-13(12)18/h3-7,9-11H,8H2,1-2H3,(H,19,25). The number of imidazole rings is 1. The SMILES string of the molecule is CN(C)c1cc(-n2cnc(C(=O)NCc3ccccc3Cl)c2)ncn1. The minimum Gasteiger partial charge on any atom is -0.363 e. The Balaban J connectivity index is 1.71. The lowest BCUT2D eigenvalue weighted by Gasteiger charge is -2.11. The molecule has 3 rings (SSSR count). The second-order valence-electron chi connectivity index (χ2n) is 5.57. The maximum atomic E-state index is 12.3. The highest BCUT2D eigenvalue weighted by Crippen LogP contribution is 2.15. The summed E-state index contributed by atoms with van der Waals surface area (Å²) in [7, 11) is 3.79. The molecule has 3 aromatic rings. The number of aromatic nitrogens is 4. The number of carbonyl (C=O) groups excluding carboxylic acids is 1. The summed E-state index contributed by atoms with van der Waals surface area (Å²) in [5.41, 5.74) is 1.15. The monoisotopic (exact) mass is 356 g/mol. The zero-order chi connectivity index (χ0) is 17.8. The fourth-order valence-electron chi connectivity index (χ4n) is 2.20. The van der Waals surface area contributed by atoms with Crippen LogP contribution in [0.1, 0.15) is 16.1 Å². The molecule has 1 amide bonds. The molecule has 128 valence electrons. The number of hydrogen-bond donors (Lipinski definition) is 1. The molecule has 2 heterocycles. The fourth-order valence-corrected chi connectivity index (χ4v) is 2.40. The summed E-state index contributed by atoms with van der Waals surface area (Å²) in [6, 6.07) is 9.19. The van der Waals surface area contributed by atoms with Gasteiger partial charge >= 0.3 is 0 Å². The number of halogens is 1. The first kappa shape index (κ1) is 16.9. The van der Waals surface area contributed by atoms with Crippen LogP contribution in [0.3, 0.4) is 0 Å². The van der Waals surface area contributed by atoms with Crippen molar-refractivity contribution in [1.29, 1.82) is 0 Å². The van der Waals surface area contributed by atoms with Crippen LogP contribution in [0.5, 0.6) is 0 Å². The van der Waals surface area contributed by atoms with Gasteiger partial charge in [0.25, 0.3) is 5.91 Å². The number of benzene rings is 1. The molecule has 7 nitrogen and oxygen atoms in total. The van der Waals surface area contributed by atoms with E-state index in [0.29, 0.717) is 23.1 Å². The van der Waals surface area contributed by atoms with Crippen LogP contribution in [-0.4, -0.2) is 39.5 Å². The molecule has 0 unspecified atom stereocenters. The van der Waals surface area contributed by atoms with Crippen molar-refractivity contribution in [2.24, 2.45) is 0 Å². The average Bonchev–Trinajstić information content (AvgIpc) is 3.11. The Morgan fingerprint density at radius 1 is 1.24 bits per heavy atom. The molecule has 0 atom stereocenters. The average molecular weight is 357 g/mol. The fraction of sp³-hybridized carbons (Fsp3) is 0.176. The summed E-state index contributed by atoms with van der Waals surface area (Å²) in [5, 5.41) is 3.43. The largest absolute Gasteiger partial charge is 0.363 e. The van der Waals surface area contributed by atoms with E-state index in [-0.39, 0.29) is 5.91 Å². The third-order valence-corrected chi connectivity index (χ3v) is 3.94. The van der Waals surface area contributed by atoms with Crippen molar-refractivity contribution in [1.82, 2.24) is 24.8 Å². The molecular weight excluding hydrogens is 340 g/mol. The number of hydrogen-bond acceptors (Lipinski definition) is 5. The molecule has 25 heavy (non-hydrogen) atoms. The van der Waals surface area contributed by atoms with Gasteiger partial charge in [-0.1, -0.05) is 29.8 Å². The number of amides is 1. The first-order valence-electron chi connectivity index (χ1n) is 7.60. The number of anilines is 1. The smallest absolute Gasteiger partial charge is 0.271 e. The number of nitrogens with zero attached hydrogens (tertiary/aromatic N) is 5. The Kier molecular flexibility index (Phi) is 4.95. The van der Waals surface area contributed by atoms with Crippen molar-refractivity contribution in [2.75, 3.05) is 19.0 Å². The van der Waals surface area contributed by atoms with Gasteiger partial charge in [-0.15, -0.1) is 0 Å². The maximum absolute atomic E-state index is 12.3. The van der Waals surface area contributed by atoms with Crippen molar-refractivity contribution in [2.45, 2.75) is 6.54 Å². The summed E-state index contributed by atoms with van der Waals surface area (Å²) in [5.74, 6) is 1.13. The molecule has 0 bridgehead atoms. The predicted octanol–water partition coefficient (Wildman–Crippen LogP) is 2.31. The summed E-state index contributed by atoms with van der Waals surface area (Å²) in [6.45, 7) is 0.337. The van der Waals surface area contributed by atoms with Crippen LogP contribution >= 0.6 is 11.6 Å². The lowest BCUT2D eigenvalue weighted by atomic mass is 10.2. The van der Waals surface area contributed by atoms with Gasteiger partial charge in [0.2, 0.25) is 0 Å². The van der Waals surface area contributed by atoms with Gasteiger partial charge < -0.3 is 10.2 Å². The summed E-state index contributed by atoms with van der Waals surface area (Å²) in [6.07, 6.45) is 4.65. The van der Waals surface area contributed by atoms with Crippen molar-refractivity contribution >= 4 is 23.3 Å². The molecule has 0 saturated carbocycles. The van der Waals surface area contributed by atoms with Gasteiger partial charge in [0.1, 0.15) is 30.0 Å². The van der Waals surface area contributed by atoms with Crippen LogP contribution in [0.2, 0.25) is 5.02 Å². The highest BCUT2D eigenvalue weighted by Gasteiger charge is 2.11. The van der Waals surface area contributed by atoms with E-state index in [2.05, 4.69) is 20.3 Å². The van der Waals surface area contributed by atoms with E-state index in [4.69, 9.17) is 11.6 Å². The maximum Gasteiger partial charge on any atom is 0.271 e. The highest BCUT2D eigenvalue weighted by atomic mass is 35.5.